The van der Waals surface area contributed by atoms with Crippen LogP contribution in [0.1, 0.15) is 16.7 Å². The fourth-order valence-corrected chi connectivity index (χ4v) is 6.49. The number of aryl methyl sites for hydroxylation is 3. The maximum atomic E-state index is 13.5. The van der Waals surface area contributed by atoms with Crippen molar-refractivity contribution in [2.75, 3.05) is 20.9 Å². The molecule has 0 saturated heterocycles. The van der Waals surface area contributed by atoms with Gasteiger partial charge in [0.25, 0.3) is 20.0 Å². The molecule has 0 radical (unpaired) electrons. The van der Waals surface area contributed by atoms with Gasteiger partial charge in [-0.05, 0) is 93.1 Å². The largest absolute Gasteiger partial charge is 0.325 e. The lowest BCUT2D eigenvalue weighted by Gasteiger charge is -2.24. The second-order valence-corrected chi connectivity index (χ2v) is 12.8. The number of rotatable bonds is 9. The summed E-state index contributed by atoms with van der Waals surface area (Å²) in [5.41, 5.74) is 3.47. The molecule has 0 heterocycles. The molecule has 2 N–H and O–H groups in total. The Hall–Kier alpha value is -4.22. The summed E-state index contributed by atoms with van der Waals surface area (Å²) in [6.45, 7) is 4.93. The molecule has 0 atom stereocenters. The molecule has 0 aromatic heterocycles. The van der Waals surface area contributed by atoms with Crippen molar-refractivity contribution in [3.05, 3.63) is 114 Å². The van der Waals surface area contributed by atoms with Crippen molar-refractivity contribution in [2.45, 2.75) is 30.6 Å². The Labute approximate surface area is 233 Å². The molecule has 0 bridgehead atoms. The first-order valence-electron chi connectivity index (χ1n) is 12.2. The third kappa shape index (κ3) is 6.67. The van der Waals surface area contributed by atoms with E-state index in [4.69, 9.17) is 0 Å². The lowest BCUT2D eigenvalue weighted by atomic mass is 10.1. The SMILES string of the molecule is Cc1ccc(S(=O)(=O)N(CC(=O)Nc2ccc(S(=O)(=O)Nc3ccc(C)cc3C)cc2)c2ccc(F)cc2)cc1. The summed E-state index contributed by atoms with van der Waals surface area (Å²) in [6.07, 6.45) is 0. The number of benzene rings is 4. The molecule has 0 saturated carbocycles. The van der Waals surface area contributed by atoms with Crippen molar-refractivity contribution < 1.29 is 26.0 Å². The Morgan fingerprint density at radius 1 is 0.750 bits per heavy atom. The molecule has 4 aromatic rings. The van der Waals surface area contributed by atoms with Gasteiger partial charge in [-0.3, -0.25) is 13.8 Å². The standard InChI is InChI=1S/C29H28FN3O5S2/c1-20-4-13-27(14-5-20)40(37,38)33(25-11-7-23(30)8-12-25)19-29(34)31-24-9-15-26(16-10-24)39(35,36)32-28-17-6-21(2)18-22(28)3/h4-18,32H,19H2,1-3H3,(H,31,34). The van der Waals surface area contributed by atoms with Crippen LogP contribution in [0, 0.1) is 26.6 Å². The molecule has 8 nitrogen and oxygen atoms in total. The van der Waals surface area contributed by atoms with Crippen LogP contribution in [-0.2, 0) is 24.8 Å². The van der Waals surface area contributed by atoms with Gasteiger partial charge < -0.3 is 5.32 Å². The van der Waals surface area contributed by atoms with E-state index >= 15 is 0 Å². The summed E-state index contributed by atoms with van der Waals surface area (Å²) < 4.78 is 69.6. The Morgan fingerprint density at radius 3 is 1.93 bits per heavy atom. The number of halogens is 1. The smallest absolute Gasteiger partial charge is 0.264 e. The summed E-state index contributed by atoms with van der Waals surface area (Å²) in [4.78, 5) is 12.9. The molecular formula is C29H28FN3O5S2. The maximum Gasteiger partial charge on any atom is 0.264 e. The second-order valence-electron chi connectivity index (χ2n) is 9.30. The van der Waals surface area contributed by atoms with Gasteiger partial charge in [0.1, 0.15) is 12.4 Å². The van der Waals surface area contributed by atoms with E-state index in [0.717, 1.165) is 33.1 Å². The fourth-order valence-electron chi connectivity index (χ4n) is 3.94. The molecule has 0 spiro atoms. The monoisotopic (exact) mass is 581 g/mol. The molecule has 0 aliphatic heterocycles. The highest BCUT2D eigenvalue weighted by Gasteiger charge is 2.27. The van der Waals surface area contributed by atoms with Crippen molar-refractivity contribution in [1.82, 2.24) is 0 Å². The number of hydrogen-bond donors (Lipinski definition) is 2. The van der Waals surface area contributed by atoms with E-state index in [1.54, 1.807) is 31.2 Å². The Balaban J connectivity index is 1.53. The average molecular weight is 582 g/mol. The van der Waals surface area contributed by atoms with Gasteiger partial charge in [0, 0.05) is 5.69 Å². The highest BCUT2D eigenvalue weighted by Crippen LogP contribution is 2.25. The van der Waals surface area contributed by atoms with Crippen molar-refractivity contribution in [3.63, 3.8) is 0 Å². The molecule has 208 valence electrons. The Kier molecular flexibility index (Phi) is 8.26. The van der Waals surface area contributed by atoms with Crippen LogP contribution in [-0.4, -0.2) is 29.3 Å². The maximum absolute atomic E-state index is 13.5. The van der Waals surface area contributed by atoms with E-state index < -0.39 is 38.3 Å². The molecule has 4 rings (SSSR count). The molecule has 1 amide bonds. The first-order valence-corrected chi connectivity index (χ1v) is 15.1. The van der Waals surface area contributed by atoms with Crippen molar-refractivity contribution in [1.29, 1.82) is 0 Å². The quantitative estimate of drug-likeness (QED) is 0.275. The second kappa shape index (κ2) is 11.5. The summed E-state index contributed by atoms with van der Waals surface area (Å²) in [6, 6.07) is 21.8. The van der Waals surface area contributed by atoms with Gasteiger partial charge in [0.15, 0.2) is 0 Å². The number of carbonyl (C=O) groups excluding carboxylic acids is 1. The average Bonchev–Trinajstić information content (AvgIpc) is 2.90. The first kappa shape index (κ1) is 28.8. The van der Waals surface area contributed by atoms with E-state index in [0.29, 0.717) is 5.69 Å². The van der Waals surface area contributed by atoms with Gasteiger partial charge in [-0.15, -0.1) is 0 Å². The van der Waals surface area contributed by atoms with Crippen LogP contribution in [0.25, 0.3) is 0 Å². The van der Waals surface area contributed by atoms with E-state index in [-0.39, 0.29) is 21.2 Å². The zero-order valence-electron chi connectivity index (χ0n) is 22.1. The van der Waals surface area contributed by atoms with E-state index in [9.17, 15) is 26.0 Å². The molecular weight excluding hydrogens is 553 g/mol. The number of carbonyl (C=O) groups is 1. The summed E-state index contributed by atoms with van der Waals surface area (Å²) >= 11 is 0. The van der Waals surface area contributed by atoms with E-state index in [1.807, 2.05) is 19.9 Å². The summed E-state index contributed by atoms with van der Waals surface area (Å²) in [5.74, 6) is -1.23. The number of amides is 1. The van der Waals surface area contributed by atoms with E-state index in [2.05, 4.69) is 10.0 Å². The Bertz CT molecular complexity index is 1740. The van der Waals surface area contributed by atoms with Crippen LogP contribution < -0.4 is 14.3 Å². The molecule has 0 aliphatic carbocycles. The zero-order chi connectivity index (χ0) is 29.1. The fraction of sp³-hybridized carbons (Fsp3) is 0.138. The van der Waals surface area contributed by atoms with Gasteiger partial charge in [-0.25, -0.2) is 21.2 Å². The van der Waals surface area contributed by atoms with Crippen LogP contribution in [0.15, 0.2) is 101 Å². The molecule has 0 unspecified atom stereocenters. The number of nitrogens with one attached hydrogen (secondary N) is 2. The third-order valence-corrected chi connectivity index (χ3v) is 9.25. The minimum absolute atomic E-state index is 0.0136. The number of sulfonamides is 2. The number of nitrogens with zero attached hydrogens (tertiary/aromatic N) is 1. The van der Waals surface area contributed by atoms with Crippen LogP contribution in [0.4, 0.5) is 21.5 Å². The highest BCUT2D eigenvalue weighted by atomic mass is 32.2. The number of anilines is 3. The number of hydrogen-bond acceptors (Lipinski definition) is 5. The van der Waals surface area contributed by atoms with Crippen LogP contribution in [0.2, 0.25) is 0 Å². The van der Waals surface area contributed by atoms with Crippen molar-refractivity contribution in [3.8, 4) is 0 Å². The van der Waals surface area contributed by atoms with E-state index in [1.165, 1.54) is 48.5 Å². The Morgan fingerprint density at radius 2 is 1.32 bits per heavy atom. The van der Waals surface area contributed by atoms with Crippen LogP contribution >= 0.6 is 0 Å². The zero-order valence-corrected chi connectivity index (χ0v) is 23.7. The van der Waals surface area contributed by atoms with Gasteiger partial charge in [-0.1, -0.05) is 35.4 Å². The van der Waals surface area contributed by atoms with Crippen LogP contribution in [0.3, 0.4) is 0 Å². The van der Waals surface area contributed by atoms with Crippen LogP contribution in [0.5, 0.6) is 0 Å². The summed E-state index contributed by atoms with van der Waals surface area (Å²) in [7, 11) is -8.06. The topological polar surface area (TPSA) is 113 Å². The predicted octanol–water partition coefficient (Wildman–Crippen LogP) is 5.39. The molecule has 11 heteroatoms. The minimum Gasteiger partial charge on any atom is -0.325 e. The van der Waals surface area contributed by atoms with Crippen molar-refractivity contribution >= 4 is 43.0 Å². The molecule has 4 aromatic carbocycles. The lowest BCUT2D eigenvalue weighted by Crippen LogP contribution is -2.38. The third-order valence-electron chi connectivity index (χ3n) is 6.09. The van der Waals surface area contributed by atoms with Gasteiger partial charge >= 0.3 is 0 Å². The van der Waals surface area contributed by atoms with Crippen molar-refractivity contribution in [2.24, 2.45) is 0 Å². The summed E-state index contributed by atoms with van der Waals surface area (Å²) in [5, 5.41) is 2.60. The highest BCUT2D eigenvalue weighted by molar-refractivity contribution is 7.93. The molecule has 0 aliphatic rings. The van der Waals surface area contributed by atoms with Gasteiger partial charge in [-0.2, -0.15) is 0 Å². The predicted molar refractivity (Wildman–Crippen MR) is 154 cm³/mol. The lowest BCUT2D eigenvalue weighted by molar-refractivity contribution is -0.114. The van der Waals surface area contributed by atoms with Gasteiger partial charge in [0.2, 0.25) is 5.91 Å². The molecule has 40 heavy (non-hydrogen) atoms. The molecule has 0 fully saturated rings. The van der Waals surface area contributed by atoms with Gasteiger partial charge in [0.05, 0.1) is 21.2 Å². The first-order chi connectivity index (χ1) is 18.8. The normalized spacial score (nSPS) is 11.6. The minimum atomic E-state index is -4.17.